The number of nitrogens with zero attached hydrogens (tertiary/aromatic N) is 1. The van der Waals surface area contributed by atoms with Crippen LogP contribution in [-0.2, 0) is 5.88 Å². The van der Waals surface area contributed by atoms with Crippen LogP contribution in [0.25, 0.3) is 0 Å². The van der Waals surface area contributed by atoms with Crippen LogP contribution in [0.1, 0.15) is 11.1 Å². The molecule has 0 spiro atoms. The van der Waals surface area contributed by atoms with Gasteiger partial charge in [0.15, 0.2) is 0 Å². The Balaban J connectivity index is 3.38. The average molecular weight is 204 g/mol. The smallest absolute Gasteiger partial charge is 0.258 e. The highest BCUT2D eigenvalue weighted by Gasteiger charge is 2.17. The van der Waals surface area contributed by atoms with Gasteiger partial charge in [-0.1, -0.05) is 0 Å². The van der Waals surface area contributed by atoms with Crippen LogP contribution in [0.2, 0.25) is 0 Å². The fourth-order valence-corrected chi connectivity index (χ4v) is 1.37. The normalized spacial score (nSPS) is 10.1. The Kier molecular flexibility index (Phi) is 2.83. The van der Waals surface area contributed by atoms with Crippen molar-refractivity contribution >= 4 is 17.3 Å². The summed E-state index contributed by atoms with van der Waals surface area (Å²) < 4.78 is 12.8. The molecular weight excluding hydrogens is 197 g/mol. The van der Waals surface area contributed by atoms with E-state index < -0.39 is 10.7 Å². The first-order valence-electron chi connectivity index (χ1n) is 3.55. The largest absolute Gasteiger partial charge is 0.276 e. The van der Waals surface area contributed by atoms with Crippen molar-refractivity contribution in [2.45, 2.75) is 12.8 Å². The molecule has 0 N–H and O–H groups in total. The first kappa shape index (κ1) is 9.92. The van der Waals surface area contributed by atoms with Gasteiger partial charge >= 0.3 is 0 Å². The van der Waals surface area contributed by atoms with Gasteiger partial charge in [0.05, 0.1) is 10.8 Å². The maximum Gasteiger partial charge on any atom is 0.276 e. The zero-order chi connectivity index (χ0) is 10.0. The first-order chi connectivity index (χ1) is 6.06. The van der Waals surface area contributed by atoms with Gasteiger partial charge < -0.3 is 0 Å². The molecule has 0 amide bonds. The Labute approximate surface area is 79.3 Å². The zero-order valence-corrected chi connectivity index (χ0v) is 7.64. The minimum Gasteiger partial charge on any atom is -0.258 e. The molecule has 0 radical (unpaired) electrons. The van der Waals surface area contributed by atoms with Crippen LogP contribution in [0.3, 0.4) is 0 Å². The fraction of sp³-hybridized carbons (Fsp3) is 0.250. The van der Waals surface area contributed by atoms with E-state index in [1.807, 2.05) is 0 Å². The van der Waals surface area contributed by atoms with Gasteiger partial charge in [-0.15, -0.1) is 11.6 Å². The molecule has 0 saturated carbocycles. The molecule has 0 aromatic heterocycles. The van der Waals surface area contributed by atoms with Crippen molar-refractivity contribution in [3.05, 3.63) is 39.2 Å². The summed E-state index contributed by atoms with van der Waals surface area (Å²) >= 11 is 5.45. The van der Waals surface area contributed by atoms with Gasteiger partial charge in [-0.3, -0.25) is 10.1 Å². The fourth-order valence-electron chi connectivity index (χ4n) is 1.17. The summed E-state index contributed by atoms with van der Waals surface area (Å²) in [5, 5.41) is 10.5. The van der Waals surface area contributed by atoms with Gasteiger partial charge in [-0.25, -0.2) is 4.39 Å². The lowest BCUT2D eigenvalue weighted by molar-refractivity contribution is -0.386. The van der Waals surface area contributed by atoms with Crippen molar-refractivity contribution in [1.82, 2.24) is 0 Å². The third kappa shape index (κ3) is 1.95. The summed E-state index contributed by atoms with van der Waals surface area (Å²) in [4.78, 5) is 9.99. The van der Waals surface area contributed by atoms with Gasteiger partial charge in [0, 0.05) is 11.1 Å². The SMILES string of the molecule is Cc1cc(F)cc(CCl)c1[N+](=O)[O-]. The van der Waals surface area contributed by atoms with E-state index in [0.717, 1.165) is 12.1 Å². The minimum atomic E-state index is -0.549. The molecule has 0 heterocycles. The van der Waals surface area contributed by atoms with Gasteiger partial charge in [-0.2, -0.15) is 0 Å². The molecule has 3 nitrogen and oxygen atoms in total. The molecule has 1 aromatic carbocycles. The summed E-state index contributed by atoms with van der Waals surface area (Å²) in [6, 6.07) is 2.20. The molecule has 0 aliphatic heterocycles. The second-order valence-electron chi connectivity index (χ2n) is 2.62. The van der Waals surface area contributed by atoms with E-state index >= 15 is 0 Å². The monoisotopic (exact) mass is 203 g/mol. The van der Waals surface area contributed by atoms with E-state index in [1.54, 1.807) is 0 Å². The quantitative estimate of drug-likeness (QED) is 0.421. The van der Waals surface area contributed by atoms with Gasteiger partial charge in [0.1, 0.15) is 5.82 Å². The predicted molar refractivity (Wildman–Crippen MR) is 47.3 cm³/mol. The molecule has 0 aliphatic rings. The number of nitro benzene ring substituents is 1. The molecular formula is C8H7ClFNO2. The second kappa shape index (κ2) is 3.70. The number of halogens is 2. The molecule has 0 fully saturated rings. The summed E-state index contributed by atoms with van der Waals surface area (Å²) in [5.41, 5.74) is 0.404. The maximum atomic E-state index is 12.8. The summed E-state index contributed by atoms with van der Waals surface area (Å²) in [6.07, 6.45) is 0. The van der Waals surface area contributed by atoms with Crippen molar-refractivity contribution in [3.63, 3.8) is 0 Å². The van der Waals surface area contributed by atoms with Gasteiger partial charge in [0.25, 0.3) is 5.69 Å². The molecule has 0 bridgehead atoms. The Morgan fingerprint density at radius 1 is 1.62 bits per heavy atom. The van der Waals surface area contributed by atoms with E-state index in [0.29, 0.717) is 5.56 Å². The average Bonchev–Trinajstić information content (AvgIpc) is 2.01. The number of rotatable bonds is 2. The molecule has 0 unspecified atom stereocenters. The van der Waals surface area contributed by atoms with Crippen LogP contribution in [0.15, 0.2) is 12.1 Å². The van der Waals surface area contributed by atoms with Crippen LogP contribution < -0.4 is 0 Å². The van der Waals surface area contributed by atoms with E-state index in [-0.39, 0.29) is 17.1 Å². The zero-order valence-electron chi connectivity index (χ0n) is 6.88. The number of hydrogen-bond donors (Lipinski definition) is 0. The highest BCUT2D eigenvalue weighted by molar-refractivity contribution is 6.17. The number of benzene rings is 1. The Morgan fingerprint density at radius 3 is 2.69 bits per heavy atom. The molecule has 0 aliphatic carbocycles. The minimum absolute atomic E-state index is 0.0606. The second-order valence-corrected chi connectivity index (χ2v) is 2.89. The molecule has 13 heavy (non-hydrogen) atoms. The molecule has 0 atom stereocenters. The highest BCUT2D eigenvalue weighted by Crippen LogP contribution is 2.25. The van der Waals surface area contributed by atoms with Crippen LogP contribution in [-0.4, -0.2) is 4.92 Å². The van der Waals surface area contributed by atoms with Crippen molar-refractivity contribution < 1.29 is 9.31 Å². The summed E-state index contributed by atoms with van der Waals surface area (Å²) in [5.74, 6) is -0.562. The van der Waals surface area contributed by atoms with Crippen molar-refractivity contribution in [1.29, 1.82) is 0 Å². The first-order valence-corrected chi connectivity index (χ1v) is 4.09. The third-order valence-corrected chi connectivity index (χ3v) is 1.96. The van der Waals surface area contributed by atoms with E-state index in [9.17, 15) is 14.5 Å². The molecule has 5 heteroatoms. The number of hydrogen-bond acceptors (Lipinski definition) is 2. The van der Waals surface area contributed by atoms with Crippen LogP contribution >= 0.6 is 11.6 Å². The molecule has 70 valence electrons. The van der Waals surface area contributed by atoms with Crippen molar-refractivity contribution in [3.8, 4) is 0 Å². The molecule has 0 saturated heterocycles. The van der Waals surface area contributed by atoms with Crippen LogP contribution in [0, 0.1) is 22.9 Å². The lowest BCUT2D eigenvalue weighted by Crippen LogP contribution is -1.97. The Bertz CT molecular complexity index is 354. The highest BCUT2D eigenvalue weighted by atomic mass is 35.5. The lowest BCUT2D eigenvalue weighted by Gasteiger charge is -2.02. The van der Waals surface area contributed by atoms with Gasteiger partial charge in [0.2, 0.25) is 0 Å². The maximum absolute atomic E-state index is 12.8. The number of nitro groups is 1. The van der Waals surface area contributed by atoms with Crippen molar-refractivity contribution in [2.24, 2.45) is 0 Å². The van der Waals surface area contributed by atoms with Gasteiger partial charge in [-0.05, 0) is 19.1 Å². The predicted octanol–water partition coefficient (Wildman–Crippen LogP) is 2.78. The molecule has 1 aromatic rings. The summed E-state index contributed by atoms with van der Waals surface area (Å²) in [7, 11) is 0. The number of aryl methyl sites for hydroxylation is 1. The Hall–Kier alpha value is -1.16. The van der Waals surface area contributed by atoms with E-state index in [4.69, 9.17) is 11.6 Å². The Morgan fingerprint density at radius 2 is 2.23 bits per heavy atom. The molecule has 1 rings (SSSR count). The van der Waals surface area contributed by atoms with Crippen LogP contribution in [0.5, 0.6) is 0 Å². The summed E-state index contributed by atoms with van der Waals surface area (Å²) in [6.45, 7) is 1.48. The third-order valence-electron chi connectivity index (χ3n) is 1.67. The van der Waals surface area contributed by atoms with Crippen LogP contribution in [0.4, 0.5) is 10.1 Å². The van der Waals surface area contributed by atoms with E-state index in [1.165, 1.54) is 6.92 Å². The standard InChI is InChI=1S/C8H7ClFNO2/c1-5-2-7(10)3-6(4-9)8(5)11(12)13/h2-3H,4H2,1H3. The topological polar surface area (TPSA) is 43.1 Å². The number of alkyl halides is 1. The van der Waals surface area contributed by atoms with E-state index in [2.05, 4.69) is 0 Å². The lowest BCUT2D eigenvalue weighted by atomic mass is 10.1. The van der Waals surface area contributed by atoms with Crippen molar-refractivity contribution in [2.75, 3.05) is 0 Å².